The van der Waals surface area contributed by atoms with Gasteiger partial charge in [0.05, 0.1) is 5.69 Å². The molecule has 1 fully saturated rings. The fourth-order valence-corrected chi connectivity index (χ4v) is 5.48. The van der Waals surface area contributed by atoms with Crippen molar-refractivity contribution in [2.24, 2.45) is 5.92 Å². The Bertz CT molecular complexity index is 1520. The van der Waals surface area contributed by atoms with E-state index in [0.29, 0.717) is 49.1 Å². The molecule has 4 aromatic rings. The molecule has 0 unspecified atom stereocenters. The van der Waals surface area contributed by atoms with Crippen LogP contribution in [-0.4, -0.2) is 36.4 Å². The number of anilines is 1. The molecule has 0 amide bonds. The van der Waals surface area contributed by atoms with Crippen molar-refractivity contribution < 1.29 is 26.3 Å². The number of benzene rings is 2. The summed E-state index contributed by atoms with van der Waals surface area (Å²) in [4.78, 5) is 3.12. The lowest BCUT2D eigenvalue weighted by atomic mass is 10.0. The highest BCUT2D eigenvalue weighted by molar-refractivity contribution is 7.92. The molecule has 3 heterocycles. The summed E-state index contributed by atoms with van der Waals surface area (Å²) in [6.07, 6.45) is 6.84. The van der Waals surface area contributed by atoms with E-state index in [4.69, 9.17) is 4.74 Å². The molecule has 192 valence electrons. The van der Waals surface area contributed by atoms with Crippen molar-refractivity contribution in [1.82, 2.24) is 14.8 Å². The van der Waals surface area contributed by atoms with E-state index in [1.807, 2.05) is 10.9 Å². The molecule has 1 saturated heterocycles. The maximum atomic E-state index is 15.8. The van der Waals surface area contributed by atoms with Gasteiger partial charge in [-0.3, -0.25) is 14.4 Å². The van der Waals surface area contributed by atoms with Crippen molar-refractivity contribution in [2.75, 3.05) is 17.9 Å². The third kappa shape index (κ3) is 5.37. The molecule has 0 radical (unpaired) electrons. The van der Waals surface area contributed by atoms with Crippen LogP contribution < -0.4 is 4.72 Å². The Kier molecular flexibility index (Phi) is 6.98. The van der Waals surface area contributed by atoms with E-state index in [0.717, 1.165) is 24.5 Å². The quantitative estimate of drug-likeness (QED) is 0.354. The number of rotatable bonds is 7. The maximum Gasteiger partial charge on any atom is 0.265 e. The molecule has 11 heteroatoms. The number of hydrogen-bond acceptors (Lipinski definition) is 5. The number of aromatic nitrogens is 3. The Morgan fingerprint density at radius 1 is 1.00 bits per heavy atom. The zero-order valence-electron chi connectivity index (χ0n) is 19.6. The minimum atomic E-state index is -4.61. The highest BCUT2D eigenvalue weighted by atomic mass is 32.2. The molecular formula is C26H23F3N4O3S. The number of hydrogen-bond donors (Lipinski definition) is 1. The van der Waals surface area contributed by atoms with Crippen molar-refractivity contribution in [3.05, 3.63) is 84.6 Å². The van der Waals surface area contributed by atoms with Gasteiger partial charge in [0, 0.05) is 49.5 Å². The first-order chi connectivity index (χ1) is 17.8. The zero-order chi connectivity index (χ0) is 26.0. The van der Waals surface area contributed by atoms with E-state index < -0.39 is 38.1 Å². The van der Waals surface area contributed by atoms with Crippen LogP contribution in [-0.2, 0) is 21.3 Å². The lowest BCUT2D eigenvalue weighted by molar-refractivity contribution is 0.0602. The van der Waals surface area contributed by atoms with E-state index in [9.17, 15) is 17.2 Å². The van der Waals surface area contributed by atoms with Gasteiger partial charge in [0.2, 0.25) is 0 Å². The normalized spacial score (nSPS) is 14.6. The van der Waals surface area contributed by atoms with Gasteiger partial charge in [0.1, 0.15) is 22.2 Å². The van der Waals surface area contributed by atoms with Gasteiger partial charge in [-0.05, 0) is 66.8 Å². The van der Waals surface area contributed by atoms with Crippen LogP contribution in [0.25, 0.3) is 22.4 Å². The Hall–Kier alpha value is -3.70. The van der Waals surface area contributed by atoms with Crippen molar-refractivity contribution in [3.63, 3.8) is 0 Å². The van der Waals surface area contributed by atoms with Gasteiger partial charge < -0.3 is 4.74 Å². The predicted molar refractivity (Wildman–Crippen MR) is 132 cm³/mol. The van der Waals surface area contributed by atoms with Crippen LogP contribution in [0.3, 0.4) is 0 Å². The van der Waals surface area contributed by atoms with Crippen LogP contribution in [0.4, 0.5) is 18.9 Å². The van der Waals surface area contributed by atoms with Gasteiger partial charge in [0.15, 0.2) is 5.82 Å². The Morgan fingerprint density at radius 2 is 1.76 bits per heavy atom. The third-order valence-electron chi connectivity index (χ3n) is 6.22. The molecular weight excluding hydrogens is 505 g/mol. The number of halogens is 3. The van der Waals surface area contributed by atoms with Crippen LogP contribution in [0.1, 0.15) is 12.8 Å². The smallest absolute Gasteiger partial charge is 0.265 e. The first-order valence-electron chi connectivity index (χ1n) is 11.6. The van der Waals surface area contributed by atoms with Crippen molar-refractivity contribution >= 4 is 15.7 Å². The highest BCUT2D eigenvalue weighted by Gasteiger charge is 2.25. The number of ether oxygens (including phenoxy) is 1. The molecule has 2 aromatic heterocycles. The second-order valence-corrected chi connectivity index (χ2v) is 10.4. The van der Waals surface area contributed by atoms with Gasteiger partial charge in [-0.1, -0.05) is 6.07 Å². The van der Waals surface area contributed by atoms with Crippen LogP contribution >= 0.6 is 0 Å². The number of sulfonamides is 1. The average Bonchev–Trinajstić information content (AvgIpc) is 3.31. The van der Waals surface area contributed by atoms with E-state index in [-0.39, 0.29) is 5.56 Å². The molecule has 0 bridgehead atoms. The number of nitrogens with zero attached hydrogens (tertiary/aromatic N) is 3. The monoisotopic (exact) mass is 528 g/mol. The highest BCUT2D eigenvalue weighted by Crippen LogP contribution is 2.35. The molecule has 37 heavy (non-hydrogen) atoms. The van der Waals surface area contributed by atoms with Crippen LogP contribution in [0, 0.1) is 23.4 Å². The van der Waals surface area contributed by atoms with E-state index in [2.05, 4.69) is 10.1 Å². The molecule has 0 spiro atoms. The lowest BCUT2D eigenvalue weighted by Gasteiger charge is -2.21. The first kappa shape index (κ1) is 25.0. The topological polar surface area (TPSA) is 86.1 Å². The van der Waals surface area contributed by atoms with Crippen molar-refractivity contribution in [2.45, 2.75) is 24.3 Å². The summed E-state index contributed by atoms with van der Waals surface area (Å²) in [5, 5.41) is 4.66. The molecule has 5 rings (SSSR count). The van der Waals surface area contributed by atoms with Crippen LogP contribution in [0.2, 0.25) is 0 Å². The third-order valence-corrected chi connectivity index (χ3v) is 7.60. The summed E-state index contributed by atoms with van der Waals surface area (Å²) in [7, 11) is -4.61. The summed E-state index contributed by atoms with van der Waals surface area (Å²) < 4.78 is 78.3. The summed E-state index contributed by atoms with van der Waals surface area (Å²) in [6, 6.07) is 9.74. The fraction of sp³-hybridized carbons (Fsp3) is 0.231. The van der Waals surface area contributed by atoms with Crippen LogP contribution in [0.5, 0.6) is 0 Å². The van der Waals surface area contributed by atoms with Crippen LogP contribution in [0.15, 0.2) is 72.0 Å². The van der Waals surface area contributed by atoms with E-state index in [1.54, 1.807) is 29.2 Å². The molecule has 1 aliphatic heterocycles. The zero-order valence-corrected chi connectivity index (χ0v) is 20.4. The van der Waals surface area contributed by atoms with Gasteiger partial charge in [-0.15, -0.1) is 0 Å². The van der Waals surface area contributed by atoms with Crippen molar-refractivity contribution in [1.29, 1.82) is 0 Å². The Balaban J connectivity index is 1.54. The predicted octanol–water partition coefficient (Wildman–Crippen LogP) is 5.26. The molecule has 0 atom stereocenters. The number of nitrogens with one attached hydrogen (secondary N) is 1. The molecule has 2 aromatic carbocycles. The standard InChI is InChI=1S/C26H23F3N4O3S/c27-19-4-5-22(28)24(14-19)37(34,35)32-23-3-1-2-20(25(23)29)26-21(18-6-10-30-11-7-18)16-33(31-26)15-17-8-12-36-13-9-17/h1-7,10-11,14,16-17,32H,8-9,12-13,15H2. The molecule has 0 aliphatic carbocycles. The summed E-state index contributed by atoms with van der Waals surface area (Å²) in [5.74, 6) is -2.63. The Morgan fingerprint density at radius 3 is 2.51 bits per heavy atom. The first-order valence-corrected chi connectivity index (χ1v) is 13.1. The second kappa shape index (κ2) is 10.3. The molecule has 1 N–H and O–H groups in total. The number of pyridine rings is 1. The fourth-order valence-electron chi connectivity index (χ4n) is 4.33. The summed E-state index contributed by atoms with van der Waals surface area (Å²) >= 11 is 0. The minimum absolute atomic E-state index is 0.0532. The molecule has 0 saturated carbocycles. The summed E-state index contributed by atoms with van der Waals surface area (Å²) in [6.45, 7) is 1.98. The van der Waals surface area contributed by atoms with E-state index in [1.165, 1.54) is 18.2 Å². The second-order valence-electron chi connectivity index (χ2n) is 8.75. The van der Waals surface area contributed by atoms with Gasteiger partial charge in [-0.2, -0.15) is 5.10 Å². The van der Waals surface area contributed by atoms with Gasteiger partial charge in [-0.25, -0.2) is 21.6 Å². The summed E-state index contributed by atoms with van der Waals surface area (Å²) in [5.41, 5.74) is 1.35. The largest absolute Gasteiger partial charge is 0.381 e. The van der Waals surface area contributed by atoms with Gasteiger partial charge in [0.25, 0.3) is 10.0 Å². The van der Waals surface area contributed by atoms with Gasteiger partial charge >= 0.3 is 0 Å². The average molecular weight is 529 g/mol. The molecule has 7 nitrogen and oxygen atoms in total. The minimum Gasteiger partial charge on any atom is -0.381 e. The van der Waals surface area contributed by atoms with Crippen molar-refractivity contribution in [3.8, 4) is 22.4 Å². The molecule has 1 aliphatic rings. The lowest BCUT2D eigenvalue weighted by Crippen LogP contribution is -2.20. The Labute approximate surface area is 212 Å². The SMILES string of the molecule is O=S(=O)(Nc1cccc(-c2nn(CC3CCOCC3)cc2-c2ccncc2)c1F)c1cc(F)ccc1F. The van der Waals surface area contributed by atoms with E-state index >= 15 is 4.39 Å². The maximum absolute atomic E-state index is 15.8.